The maximum atomic E-state index is 5.84. The van der Waals surface area contributed by atoms with Gasteiger partial charge in [0.15, 0.2) is 0 Å². The minimum atomic E-state index is 0.460. The average molecular weight is 349 g/mol. The van der Waals surface area contributed by atoms with Crippen LogP contribution < -0.4 is 4.74 Å². The van der Waals surface area contributed by atoms with E-state index in [1.54, 1.807) is 7.11 Å². The number of rotatable bonds is 7. The van der Waals surface area contributed by atoms with Gasteiger partial charge in [0, 0.05) is 38.5 Å². The highest BCUT2D eigenvalue weighted by atomic mass is 16.5. The SMILES string of the molecule is COCCN1CC(n2ccc(-c3ccc(Oc4ccccc4)cc3)n2)C1. The van der Waals surface area contributed by atoms with Crippen LogP contribution in [0.5, 0.6) is 11.5 Å². The molecule has 1 fully saturated rings. The summed E-state index contributed by atoms with van der Waals surface area (Å²) in [5.41, 5.74) is 2.09. The van der Waals surface area contributed by atoms with Crippen LogP contribution in [0.3, 0.4) is 0 Å². The summed E-state index contributed by atoms with van der Waals surface area (Å²) in [6.45, 7) is 3.85. The fourth-order valence-corrected chi connectivity index (χ4v) is 3.13. The van der Waals surface area contributed by atoms with E-state index >= 15 is 0 Å². The molecule has 1 saturated heterocycles. The first-order valence-corrected chi connectivity index (χ1v) is 8.91. The zero-order valence-electron chi connectivity index (χ0n) is 14.9. The van der Waals surface area contributed by atoms with Crippen LogP contribution in [-0.2, 0) is 4.74 Å². The van der Waals surface area contributed by atoms with Crippen LogP contribution in [0.4, 0.5) is 0 Å². The number of methoxy groups -OCH3 is 1. The standard InChI is InChI=1S/C21H23N3O2/c1-25-14-13-23-15-18(16-23)24-12-11-21(22-24)17-7-9-20(10-8-17)26-19-5-3-2-4-6-19/h2-12,18H,13-16H2,1H3. The molecular formula is C21H23N3O2. The maximum absolute atomic E-state index is 5.84. The second-order valence-electron chi connectivity index (χ2n) is 6.53. The Labute approximate surface area is 153 Å². The van der Waals surface area contributed by atoms with Crippen molar-refractivity contribution in [2.45, 2.75) is 6.04 Å². The van der Waals surface area contributed by atoms with Crippen molar-refractivity contribution >= 4 is 0 Å². The van der Waals surface area contributed by atoms with E-state index in [1.807, 2.05) is 42.5 Å². The van der Waals surface area contributed by atoms with Crippen LogP contribution in [-0.4, -0.2) is 48.0 Å². The monoisotopic (exact) mass is 349 g/mol. The molecule has 0 aliphatic carbocycles. The highest BCUT2D eigenvalue weighted by Crippen LogP contribution is 2.26. The van der Waals surface area contributed by atoms with Crippen LogP contribution in [0, 0.1) is 0 Å². The van der Waals surface area contributed by atoms with Crippen LogP contribution in [0.1, 0.15) is 6.04 Å². The van der Waals surface area contributed by atoms with Crippen molar-refractivity contribution in [1.82, 2.24) is 14.7 Å². The van der Waals surface area contributed by atoms with Crippen molar-refractivity contribution in [2.24, 2.45) is 0 Å². The average Bonchev–Trinajstić information content (AvgIpc) is 3.12. The van der Waals surface area contributed by atoms with Crippen LogP contribution in [0.15, 0.2) is 66.9 Å². The molecule has 1 aliphatic rings. The number of nitrogens with zero attached hydrogens (tertiary/aromatic N) is 3. The molecule has 0 radical (unpaired) electrons. The molecule has 0 atom stereocenters. The van der Waals surface area contributed by atoms with Gasteiger partial charge in [0.1, 0.15) is 11.5 Å². The molecule has 4 rings (SSSR count). The molecule has 0 spiro atoms. The molecule has 0 N–H and O–H groups in total. The molecule has 26 heavy (non-hydrogen) atoms. The Balaban J connectivity index is 1.37. The van der Waals surface area contributed by atoms with Crippen molar-refractivity contribution < 1.29 is 9.47 Å². The summed E-state index contributed by atoms with van der Waals surface area (Å²) in [7, 11) is 1.74. The quantitative estimate of drug-likeness (QED) is 0.650. The molecule has 1 aliphatic heterocycles. The third kappa shape index (κ3) is 3.79. The number of ether oxygens (including phenoxy) is 2. The van der Waals surface area contributed by atoms with E-state index in [9.17, 15) is 0 Å². The second kappa shape index (κ2) is 7.72. The third-order valence-electron chi connectivity index (χ3n) is 4.66. The van der Waals surface area contributed by atoms with Gasteiger partial charge in [-0.15, -0.1) is 0 Å². The van der Waals surface area contributed by atoms with Crippen molar-refractivity contribution in [3.8, 4) is 22.8 Å². The first-order chi connectivity index (χ1) is 12.8. The van der Waals surface area contributed by atoms with E-state index in [4.69, 9.17) is 14.6 Å². The summed E-state index contributed by atoms with van der Waals surface area (Å²) in [6, 6.07) is 20.4. The lowest BCUT2D eigenvalue weighted by atomic mass is 10.1. The van der Waals surface area contributed by atoms with Crippen molar-refractivity contribution in [3.63, 3.8) is 0 Å². The largest absolute Gasteiger partial charge is 0.457 e. The van der Waals surface area contributed by atoms with Gasteiger partial charge in [-0.1, -0.05) is 18.2 Å². The van der Waals surface area contributed by atoms with Crippen molar-refractivity contribution in [1.29, 1.82) is 0 Å². The van der Waals surface area contributed by atoms with Gasteiger partial charge in [0.2, 0.25) is 0 Å². The lowest BCUT2D eigenvalue weighted by Gasteiger charge is -2.39. The van der Waals surface area contributed by atoms with Gasteiger partial charge in [0.25, 0.3) is 0 Å². The molecule has 2 aromatic carbocycles. The minimum Gasteiger partial charge on any atom is -0.457 e. The molecule has 2 heterocycles. The predicted octanol–water partition coefficient (Wildman–Crippen LogP) is 3.85. The first kappa shape index (κ1) is 16.8. The molecule has 0 amide bonds. The summed E-state index contributed by atoms with van der Waals surface area (Å²) in [5, 5.41) is 4.75. The van der Waals surface area contributed by atoms with Gasteiger partial charge in [-0.25, -0.2) is 0 Å². The zero-order chi connectivity index (χ0) is 17.8. The van der Waals surface area contributed by atoms with Gasteiger partial charge in [0.05, 0.1) is 18.3 Å². The Kier molecular flexibility index (Phi) is 5.00. The molecule has 3 aromatic rings. The number of aromatic nitrogens is 2. The highest BCUT2D eigenvalue weighted by Gasteiger charge is 2.28. The number of hydrogen-bond donors (Lipinski definition) is 0. The number of likely N-dealkylation sites (tertiary alicyclic amines) is 1. The maximum Gasteiger partial charge on any atom is 0.127 e. The lowest BCUT2D eigenvalue weighted by molar-refractivity contribution is 0.0646. The van der Waals surface area contributed by atoms with Crippen molar-refractivity contribution in [2.75, 3.05) is 33.4 Å². The van der Waals surface area contributed by atoms with Crippen LogP contribution >= 0.6 is 0 Å². The normalized spacial score (nSPS) is 15.0. The molecule has 134 valence electrons. The summed E-state index contributed by atoms with van der Waals surface area (Å²) < 4.78 is 13.0. The molecule has 0 saturated carbocycles. The van der Waals surface area contributed by atoms with Gasteiger partial charge in [-0.3, -0.25) is 9.58 Å². The Bertz CT molecular complexity index is 824. The molecule has 1 aromatic heterocycles. The Hall–Kier alpha value is -2.63. The fourth-order valence-electron chi connectivity index (χ4n) is 3.13. The predicted molar refractivity (Wildman–Crippen MR) is 102 cm³/mol. The van der Waals surface area contributed by atoms with E-state index in [0.29, 0.717) is 6.04 Å². The lowest BCUT2D eigenvalue weighted by Crippen LogP contribution is -2.48. The Morgan fingerprint density at radius 1 is 0.962 bits per heavy atom. The summed E-state index contributed by atoms with van der Waals surface area (Å²) in [6.07, 6.45) is 2.07. The van der Waals surface area contributed by atoms with Gasteiger partial charge < -0.3 is 9.47 Å². The van der Waals surface area contributed by atoms with Crippen molar-refractivity contribution in [3.05, 3.63) is 66.9 Å². The zero-order valence-corrected chi connectivity index (χ0v) is 14.9. The minimum absolute atomic E-state index is 0.460. The summed E-state index contributed by atoms with van der Waals surface area (Å²) in [5.74, 6) is 1.67. The molecule has 0 unspecified atom stereocenters. The fraction of sp³-hybridized carbons (Fsp3) is 0.286. The van der Waals surface area contributed by atoms with E-state index < -0.39 is 0 Å². The molecular weight excluding hydrogens is 326 g/mol. The summed E-state index contributed by atoms with van der Waals surface area (Å²) in [4.78, 5) is 2.38. The van der Waals surface area contributed by atoms with E-state index in [2.05, 4.69) is 34.0 Å². The van der Waals surface area contributed by atoms with E-state index in [1.165, 1.54) is 0 Å². The smallest absolute Gasteiger partial charge is 0.127 e. The van der Waals surface area contributed by atoms with Gasteiger partial charge >= 0.3 is 0 Å². The van der Waals surface area contributed by atoms with Gasteiger partial charge in [-0.2, -0.15) is 5.10 Å². The molecule has 5 nitrogen and oxygen atoms in total. The third-order valence-corrected chi connectivity index (χ3v) is 4.66. The topological polar surface area (TPSA) is 39.5 Å². The summed E-state index contributed by atoms with van der Waals surface area (Å²) >= 11 is 0. The molecule has 5 heteroatoms. The molecule has 0 bridgehead atoms. The Morgan fingerprint density at radius 2 is 1.69 bits per heavy atom. The Morgan fingerprint density at radius 3 is 2.42 bits per heavy atom. The number of hydrogen-bond acceptors (Lipinski definition) is 4. The highest BCUT2D eigenvalue weighted by molar-refractivity contribution is 5.59. The van der Waals surface area contributed by atoms with Crippen LogP contribution in [0.2, 0.25) is 0 Å². The first-order valence-electron chi connectivity index (χ1n) is 8.91. The van der Waals surface area contributed by atoms with Gasteiger partial charge in [-0.05, 0) is 42.5 Å². The number of para-hydroxylation sites is 1. The number of benzene rings is 2. The van der Waals surface area contributed by atoms with Crippen LogP contribution in [0.25, 0.3) is 11.3 Å². The van der Waals surface area contributed by atoms with E-state index in [0.717, 1.165) is 49.0 Å². The second-order valence-corrected chi connectivity index (χ2v) is 6.53. The van der Waals surface area contributed by atoms with E-state index in [-0.39, 0.29) is 0 Å².